The van der Waals surface area contributed by atoms with Crippen molar-refractivity contribution in [1.29, 1.82) is 0 Å². The molecule has 0 unspecified atom stereocenters. The fourth-order valence-electron chi connectivity index (χ4n) is 3.82. The second-order valence-corrected chi connectivity index (χ2v) is 7.96. The Labute approximate surface area is 207 Å². The van der Waals surface area contributed by atoms with Crippen LogP contribution in [-0.4, -0.2) is 50.2 Å². The molecule has 1 aliphatic rings. The van der Waals surface area contributed by atoms with Crippen LogP contribution in [-0.2, 0) is 11.4 Å². The number of piperidine rings is 1. The number of benzene rings is 2. The predicted molar refractivity (Wildman–Crippen MR) is 129 cm³/mol. The van der Waals surface area contributed by atoms with Crippen LogP contribution in [0, 0.1) is 11.6 Å². The van der Waals surface area contributed by atoms with Crippen molar-refractivity contribution in [1.82, 2.24) is 9.97 Å². The van der Waals surface area contributed by atoms with Gasteiger partial charge >= 0.3 is 0 Å². The standard InChI is InChI=1S/C25H26F2N4O5/c1-33-20-10-15(4-5-19(20)31-8-6-16(32)7-9-31)30-25-28-12-17(13-29-25)36-14-18-23(26)21(34-2)11-22(35-3)24(18)27/h4-5,10-13H,6-9,14H2,1-3H3,(H,28,29,30). The minimum Gasteiger partial charge on any atom is -0.495 e. The topological polar surface area (TPSA) is 95.0 Å². The van der Waals surface area contributed by atoms with Gasteiger partial charge in [-0.05, 0) is 12.1 Å². The predicted octanol–water partition coefficient (Wildman–Crippen LogP) is 4.27. The Morgan fingerprint density at radius 2 is 1.53 bits per heavy atom. The largest absolute Gasteiger partial charge is 0.495 e. The number of nitrogens with zero attached hydrogens (tertiary/aromatic N) is 3. The number of carbonyl (C=O) groups is 1. The lowest BCUT2D eigenvalue weighted by molar-refractivity contribution is -0.119. The Morgan fingerprint density at radius 3 is 2.11 bits per heavy atom. The molecule has 2 heterocycles. The highest BCUT2D eigenvalue weighted by Gasteiger charge is 2.21. The summed E-state index contributed by atoms with van der Waals surface area (Å²) in [4.78, 5) is 22.1. The third kappa shape index (κ3) is 5.40. The van der Waals surface area contributed by atoms with Gasteiger partial charge in [0.1, 0.15) is 18.1 Å². The second-order valence-electron chi connectivity index (χ2n) is 7.96. The number of halogens is 2. The summed E-state index contributed by atoms with van der Waals surface area (Å²) in [5, 5.41) is 3.08. The third-order valence-corrected chi connectivity index (χ3v) is 5.77. The van der Waals surface area contributed by atoms with Crippen molar-refractivity contribution in [2.24, 2.45) is 0 Å². The molecule has 9 nitrogen and oxygen atoms in total. The van der Waals surface area contributed by atoms with Crippen molar-refractivity contribution in [3.8, 4) is 23.0 Å². The zero-order chi connectivity index (χ0) is 25.7. The molecule has 4 rings (SSSR count). The van der Waals surface area contributed by atoms with Crippen LogP contribution < -0.4 is 29.2 Å². The fourth-order valence-corrected chi connectivity index (χ4v) is 3.82. The number of ketones is 1. The quantitative estimate of drug-likeness (QED) is 0.462. The number of aromatic nitrogens is 2. The SMILES string of the molecule is COc1cc(Nc2ncc(OCc3c(F)c(OC)cc(OC)c3F)cn2)ccc1N1CCC(=O)CC1. The van der Waals surface area contributed by atoms with E-state index in [-0.39, 0.29) is 28.6 Å². The van der Waals surface area contributed by atoms with Gasteiger partial charge in [-0.2, -0.15) is 0 Å². The zero-order valence-electron chi connectivity index (χ0n) is 20.1. The van der Waals surface area contributed by atoms with Gasteiger partial charge in [-0.25, -0.2) is 18.7 Å². The first kappa shape index (κ1) is 25.0. The van der Waals surface area contributed by atoms with Crippen LogP contribution in [0.3, 0.4) is 0 Å². The van der Waals surface area contributed by atoms with Gasteiger partial charge in [0, 0.05) is 43.8 Å². The fraction of sp³-hybridized carbons (Fsp3) is 0.320. The van der Waals surface area contributed by atoms with Gasteiger partial charge < -0.3 is 29.2 Å². The van der Waals surface area contributed by atoms with E-state index in [9.17, 15) is 13.6 Å². The molecule has 0 saturated carbocycles. The van der Waals surface area contributed by atoms with Gasteiger partial charge in [0.15, 0.2) is 28.9 Å². The molecule has 1 fully saturated rings. The van der Waals surface area contributed by atoms with E-state index in [1.807, 2.05) is 18.2 Å². The van der Waals surface area contributed by atoms with E-state index in [2.05, 4.69) is 20.2 Å². The highest BCUT2D eigenvalue weighted by Crippen LogP contribution is 2.34. The highest BCUT2D eigenvalue weighted by molar-refractivity contribution is 5.81. The summed E-state index contributed by atoms with van der Waals surface area (Å²) in [6.07, 6.45) is 3.82. The summed E-state index contributed by atoms with van der Waals surface area (Å²) < 4.78 is 49.9. The Balaban J connectivity index is 1.42. The highest BCUT2D eigenvalue weighted by atomic mass is 19.1. The number of rotatable bonds is 9. The van der Waals surface area contributed by atoms with Crippen LogP contribution in [0.1, 0.15) is 18.4 Å². The van der Waals surface area contributed by atoms with Crippen LogP contribution in [0.2, 0.25) is 0 Å². The van der Waals surface area contributed by atoms with Crippen molar-refractivity contribution in [3.63, 3.8) is 0 Å². The van der Waals surface area contributed by atoms with Gasteiger partial charge in [-0.15, -0.1) is 0 Å². The van der Waals surface area contributed by atoms with Crippen molar-refractivity contribution >= 4 is 23.1 Å². The summed E-state index contributed by atoms with van der Waals surface area (Å²) in [6, 6.07) is 6.73. The number of hydrogen-bond acceptors (Lipinski definition) is 9. The Kier molecular flexibility index (Phi) is 7.67. The van der Waals surface area contributed by atoms with E-state index in [4.69, 9.17) is 18.9 Å². The maximum absolute atomic E-state index is 14.5. The number of nitrogens with one attached hydrogen (secondary N) is 1. The van der Waals surface area contributed by atoms with Gasteiger partial charge in [0.05, 0.1) is 45.0 Å². The van der Waals surface area contributed by atoms with Gasteiger partial charge in [0.25, 0.3) is 0 Å². The molecule has 0 atom stereocenters. The molecule has 36 heavy (non-hydrogen) atoms. The third-order valence-electron chi connectivity index (χ3n) is 5.77. The lowest BCUT2D eigenvalue weighted by atomic mass is 10.1. The number of anilines is 3. The molecular formula is C25H26F2N4O5. The summed E-state index contributed by atoms with van der Waals surface area (Å²) in [7, 11) is 4.14. The molecule has 1 saturated heterocycles. The van der Waals surface area contributed by atoms with Gasteiger partial charge in [-0.3, -0.25) is 4.79 Å². The smallest absolute Gasteiger partial charge is 0.227 e. The molecule has 2 aromatic carbocycles. The van der Waals surface area contributed by atoms with Crippen LogP contribution in [0.4, 0.5) is 26.1 Å². The molecule has 190 valence electrons. The van der Waals surface area contributed by atoms with Crippen LogP contribution in [0.15, 0.2) is 36.7 Å². The molecule has 1 N–H and O–H groups in total. The maximum atomic E-state index is 14.5. The molecular weight excluding hydrogens is 474 g/mol. The molecule has 0 aliphatic carbocycles. The van der Waals surface area contributed by atoms with Gasteiger partial charge in [0.2, 0.25) is 5.95 Å². The Bertz CT molecular complexity index is 1200. The molecule has 1 aliphatic heterocycles. The first-order valence-corrected chi connectivity index (χ1v) is 11.2. The molecule has 0 amide bonds. The summed E-state index contributed by atoms with van der Waals surface area (Å²) >= 11 is 0. The molecule has 0 bridgehead atoms. The second kappa shape index (κ2) is 11.1. The molecule has 1 aromatic heterocycles. The molecule has 11 heteroatoms. The van der Waals surface area contributed by atoms with E-state index in [1.54, 1.807) is 7.11 Å². The molecule has 0 spiro atoms. The average molecular weight is 501 g/mol. The lowest BCUT2D eigenvalue weighted by Crippen LogP contribution is -2.33. The Hall–Kier alpha value is -4.15. The summed E-state index contributed by atoms with van der Waals surface area (Å²) in [6.45, 7) is 0.897. The average Bonchev–Trinajstić information content (AvgIpc) is 2.90. The molecule has 0 radical (unpaired) electrons. The lowest BCUT2D eigenvalue weighted by Gasteiger charge is -2.29. The van der Waals surface area contributed by atoms with Crippen molar-refractivity contribution < 1.29 is 32.5 Å². The Morgan fingerprint density at radius 1 is 0.917 bits per heavy atom. The van der Waals surface area contributed by atoms with E-state index in [0.717, 1.165) is 11.8 Å². The van der Waals surface area contributed by atoms with Crippen molar-refractivity contribution in [3.05, 3.63) is 53.9 Å². The first-order chi connectivity index (χ1) is 17.4. The van der Waals surface area contributed by atoms with E-state index in [1.165, 1.54) is 26.6 Å². The summed E-state index contributed by atoms with van der Waals surface area (Å²) in [5.74, 6) is -0.615. The zero-order valence-corrected chi connectivity index (χ0v) is 20.1. The first-order valence-electron chi connectivity index (χ1n) is 11.2. The number of ether oxygens (including phenoxy) is 4. The van der Waals surface area contributed by atoms with E-state index < -0.39 is 18.2 Å². The van der Waals surface area contributed by atoms with E-state index in [0.29, 0.717) is 43.3 Å². The van der Waals surface area contributed by atoms with Crippen molar-refractivity contribution in [2.75, 3.05) is 44.6 Å². The summed E-state index contributed by atoms with van der Waals surface area (Å²) in [5.41, 5.74) is 1.28. The monoisotopic (exact) mass is 500 g/mol. The number of methoxy groups -OCH3 is 3. The van der Waals surface area contributed by atoms with Crippen LogP contribution >= 0.6 is 0 Å². The van der Waals surface area contributed by atoms with Crippen LogP contribution in [0.5, 0.6) is 23.0 Å². The number of Topliss-reactive ketones (excluding diaryl/α,β-unsaturated/α-hetero) is 1. The minimum atomic E-state index is -0.872. The maximum Gasteiger partial charge on any atom is 0.227 e. The minimum absolute atomic E-state index is 0.155. The van der Waals surface area contributed by atoms with E-state index >= 15 is 0 Å². The van der Waals surface area contributed by atoms with Crippen molar-refractivity contribution in [2.45, 2.75) is 19.4 Å². The number of carbonyl (C=O) groups excluding carboxylic acids is 1. The number of hydrogen-bond donors (Lipinski definition) is 1. The normalized spacial score (nSPS) is 13.4. The van der Waals surface area contributed by atoms with Crippen LogP contribution in [0.25, 0.3) is 0 Å². The van der Waals surface area contributed by atoms with Gasteiger partial charge in [-0.1, -0.05) is 0 Å². The molecule has 3 aromatic rings.